The van der Waals surface area contributed by atoms with Crippen LogP contribution < -0.4 is 5.32 Å². The Morgan fingerprint density at radius 1 is 1.23 bits per heavy atom. The maximum Gasteiger partial charge on any atom is 0.276 e. The zero-order valence-corrected chi connectivity index (χ0v) is 18.4. The molecule has 2 aromatic heterocycles. The van der Waals surface area contributed by atoms with Crippen LogP contribution in [0.3, 0.4) is 0 Å². The molecule has 3 heterocycles. The van der Waals surface area contributed by atoms with Crippen molar-refractivity contribution in [1.82, 2.24) is 19.8 Å². The molecule has 4 rings (SSSR count). The predicted molar refractivity (Wildman–Crippen MR) is 116 cm³/mol. The van der Waals surface area contributed by atoms with E-state index in [-0.39, 0.29) is 17.5 Å². The number of rotatable bonds is 6. The number of carbonyl (C=O) groups excluding carboxylic acids is 1. The number of hydrogen-bond acceptors (Lipinski definition) is 5. The van der Waals surface area contributed by atoms with E-state index in [2.05, 4.69) is 21.6 Å². The number of sulfonamides is 1. The van der Waals surface area contributed by atoms with E-state index in [4.69, 9.17) is 4.42 Å². The van der Waals surface area contributed by atoms with Crippen molar-refractivity contribution in [3.8, 4) is 11.5 Å². The van der Waals surface area contributed by atoms with Gasteiger partial charge in [-0.15, -0.1) is 0 Å². The molecule has 2 N–H and O–H groups in total. The van der Waals surface area contributed by atoms with Crippen LogP contribution in [0.5, 0.6) is 0 Å². The highest BCUT2D eigenvalue weighted by Gasteiger charge is 2.35. The van der Waals surface area contributed by atoms with E-state index in [9.17, 15) is 13.2 Å². The minimum Gasteiger partial charge on any atom is -0.442 e. The number of aromatic nitrogens is 2. The van der Waals surface area contributed by atoms with Crippen LogP contribution >= 0.6 is 0 Å². The number of aryl methyl sites for hydroxylation is 2. The second-order valence-corrected chi connectivity index (χ2v) is 9.80. The van der Waals surface area contributed by atoms with Crippen molar-refractivity contribution in [2.24, 2.45) is 5.92 Å². The van der Waals surface area contributed by atoms with Gasteiger partial charge in [0.05, 0.1) is 5.92 Å². The lowest BCUT2D eigenvalue weighted by Crippen LogP contribution is -2.45. The van der Waals surface area contributed by atoms with Gasteiger partial charge in [0.1, 0.15) is 5.69 Å². The molecular formula is C22H26N4O4S. The van der Waals surface area contributed by atoms with Crippen LogP contribution in [0.2, 0.25) is 0 Å². The van der Waals surface area contributed by atoms with E-state index >= 15 is 0 Å². The molecule has 1 atom stereocenters. The average molecular weight is 443 g/mol. The fourth-order valence-corrected chi connectivity index (χ4v) is 5.18. The maximum atomic E-state index is 13.1. The molecule has 1 unspecified atom stereocenters. The Hall–Kier alpha value is -2.91. The quantitative estimate of drug-likeness (QED) is 0.610. The third-order valence-electron chi connectivity index (χ3n) is 5.73. The summed E-state index contributed by atoms with van der Waals surface area (Å²) in [7, 11) is -3.82. The first kappa shape index (κ1) is 21.3. The smallest absolute Gasteiger partial charge is 0.276 e. The number of nitrogens with zero attached hydrogens (tertiary/aromatic N) is 2. The molecule has 164 valence electrons. The highest BCUT2D eigenvalue weighted by molar-refractivity contribution is 7.89. The van der Waals surface area contributed by atoms with Crippen LogP contribution in [0.4, 0.5) is 0 Å². The first-order valence-electron chi connectivity index (χ1n) is 10.3. The van der Waals surface area contributed by atoms with Gasteiger partial charge in [-0.1, -0.05) is 18.2 Å². The lowest BCUT2D eigenvalue weighted by atomic mass is 9.98. The number of H-pyrrole nitrogens is 1. The van der Waals surface area contributed by atoms with Gasteiger partial charge in [0.15, 0.2) is 5.76 Å². The Morgan fingerprint density at radius 2 is 2.06 bits per heavy atom. The Morgan fingerprint density at radius 3 is 2.81 bits per heavy atom. The van der Waals surface area contributed by atoms with Gasteiger partial charge in [0.25, 0.3) is 10.0 Å². The Balaban J connectivity index is 1.41. The maximum absolute atomic E-state index is 13.1. The Labute approximate surface area is 181 Å². The van der Waals surface area contributed by atoms with Crippen LogP contribution in [0.25, 0.3) is 11.5 Å². The normalized spacial score (nSPS) is 17.5. The fraction of sp³-hybridized carbons (Fsp3) is 0.364. The summed E-state index contributed by atoms with van der Waals surface area (Å²) in [6.07, 6.45) is 2.84. The SMILES string of the molecule is Cc1ccc(CNC(=O)C2CCCN(S(=O)(=O)c3ccc(-c4ccn[nH]4)o3)C2)cc1C. The third-order valence-corrected chi connectivity index (χ3v) is 7.47. The molecule has 0 aliphatic carbocycles. The summed E-state index contributed by atoms with van der Waals surface area (Å²) < 4.78 is 33.0. The van der Waals surface area contributed by atoms with Crippen molar-refractivity contribution in [3.05, 3.63) is 59.3 Å². The van der Waals surface area contributed by atoms with E-state index in [1.165, 1.54) is 21.5 Å². The molecule has 9 heteroatoms. The summed E-state index contributed by atoms with van der Waals surface area (Å²) in [4.78, 5) is 12.7. The largest absolute Gasteiger partial charge is 0.442 e. The van der Waals surface area contributed by atoms with Crippen molar-refractivity contribution in [2.45, 2.75) is 38.3 Å². The molecule has 1 saturated heterocycles. The fourth-order valence-electron chi connectivity index (χ4n) is 3.75. The number of furan rings is 1. The van der Waals surface area contributed by atoms with Crippen molar-refractivity contribution >= 4 is 15.9 Å². The van der Waals surface area contributed by atoms with Crippen LogP contribution in [0.15, 0.2) is 52.1 Å². The minimum absolute atomic E-state index is 0.129. The number of aromatic amines is 1. The van der Waals surface area contributed by atoms with Crippen LogP contribution in [0, 0.1) is 19.8 Å². The standard InChI is InChI=1S/C22H26N4O4S/c1-15-5-6-17(12-16(15)2)13-23-22(27)18-4-3-11-26(14-18)31(28,29)21-8-7-20(30-21)19-9-10-24-25-19/h5-10,12,18H,3-4,11,13-14H2,1-2H3,(H,23,27)(H,24,25). The molecule has 0 bridgehead atoms. The van der Waals surface area contributed by atoms with Crippen molar-refractivity contribution < 1.29 is 17.6 Å². The molecule has 0 radical (unpaired) electrons. The molecule has 1 amide bonds. The highest BCUT2D eigenvalue weighted by atomic mass is 32.2. The summed E-state index contributed by atoms with van der Waals surface area (Å²) in [6.45, 7) is 5.02. The number of benzene rings is 1. The summed E-state index contributed by atoms with van der Waals surface area (Å²) in [5, 5.41) is 9.42. The molecule has 0 spiro atoms. The van der Waals surface area contributed by atoms with E-state index in [0.29, 0.717) is 37.4 Å². The summed E-state index contributed by atoms with van der Waals surface area (Å²) in [5.74, 6) is -0.122. The molecule has 1 aliphatic rings. The predicted octanol–water partition coefficient (Wildman–Crippen LogP) is 3.00. The first-order chi connectivity index (χ1) is 14.8. The summed E-state index contributed by atoms with van der Waals surface area (Å²) in [6, 6.07) is 10.8. The second kappa shape index (κ2) is 8.68. The highest BCUT2D eigenvalue weighted by Crippen LogP contribution is 2.28. The van der Waals surface area contributed by atoms with Gasteiger partial charge in [-0.3, -0.25) is 9.89 Å². The number of piperidine rings is 1. The number of carbonyl (C=O) groups is 1. The molecular weight excluding hydrogens is 416 g/mol. The van der Waals surface area contributed by atoms with Gasteiger partial charge in [0.2, 0.25) is 11.0 Å². The lowest BCUT2D eigenvalue weighted by Gasteiger charge is -2.30. The van der Waals surface area contributed by atoms with Gasteiger partial charge < -0.3 is 9.73 Å². The summed E-state index contributed by atoms with van der Waals surface area (Å²) in [5.41, 5.74) is 4.01. The Bertz CT molecular complexity index is 1170. The van der Waals surface area contributed by atoms with E-state index in [1.54, 1.807) is 18.3 Å². The van der Waals surface area contributed by atoms with Crippen LogP contribution in [0.1, 0.15) is 29.5 Å². The van der Waals surface area contributed by atoms with Gasteiger partial charge >= 0.3 is 0 Å². The molecule has 0 saturated carbocycles. The van der Waals surface area contributed by atoms with Gasteiger partial charge in [-0.2, -0.15) is 9.40 Å². The second-order valence-electron chi connectivity index (χ2n) is 7.93. The molecule has 1 fully saturated rings. The monoisotopic (exact) mass is 442 g/mol. The van der Waals surface area contributed by atoms with Crippen molar-refractivity contribution in [3.63, 3.8) is 0 Å². The van der Waals surface area contributed by atoms with Gasteiger partial charge in [-0.25, -0.2) is 8.42 Å². The zero-order valence-electron chi connectivity index (χ0n) is 17.6. The summed E-state index contributed by atoms with van der Waals surface area (Å²) >= 11 is 0. The number of nitrogens with one attached hydrogen (secondary N) is 2. The third kappa shape index (κ3) is 4.57. The van der Waals surface area contributed by atoms with Crippen LogP contribution in [-0.2, 0) is 21.4 Å². The minimum atomic E-state index is -3.82. The van der Waals surface area contributed by atoms with Crippen molar-refractivity contribution in [1.29, 1.82) is 0 Å². The molecule has 31 heavy (non-hydrogen) atoms. The molecule has 1 aliphatic heterocycles. The lowest BCUT2D eigenvalue weighted by molar-refractivity contribution is -0.126. The molecule has 3 aromatic rings. The van der Waals surface area contributed by atoms with E-state index < -0.39 is 15.9 Å². The topological polar surface area (TPSA) is 108 Å². The molecule has 1 aromatic carbocycles. The van der Waals surface area contributed by atoms with Gasteiger partial charge in [-0.05, 0) is 61.6 Å². The number of hydrogen-bond donors (Lipinski definition) is 2. The zero-order chi connectivity index (χ0) is 22.0. The van der Waals surface area contributed by atoms with Gasteiger partial charge in [0, 0.05) is 25.8 Å². The average Bonchev–Trinajstić information content (AvgIpc) is 3.46. The Kier molecular flexibility index (Phi) is 5.97. The van der Waals surface area contributed by atoms with Crippen molar-refractivity contribution in [2.75, 3.05) is 13.1 Å². The van der Waals surface area contributed by atoms with E-state index in [0.717, 1.165) is 5.56 Å². The number of amides is 1. The molecule has 8 nitrogen and oxygen atoms in total. The first-order valence-corrected chi connectivity index (χ1v) is 11.7. The van der Waals surface area contributed by atoms with E-state index in [1.807, 2.05) is 26.0 Å². The van der Waals surface area contributed by atoms with Crippen LogP contribution in [-0.4, -0.2) is 41.9 Å².